The van der Waals surface area contributed by atoms with Gasteiger partial charge in [0.25, 0.3) is 0 Å². The molecule has 0 radical (unpaired) electrons. The van der Waals surface area contributed by atoms with Crippen LogP contribution in [0.5, 0.6) is 11.5 Å². The van der Waals surface area contributed by atoms with Crippen LogP contribution in [0.3, 0.4) is 0 Å². The molecule has 2 aliphatic carbocycles. The maximum Gasteiger partial charge on any atom is 0.303 e. The monoisotopic (exact) mass is 498 g/mol. The molecule has 1 N–H and O–H groups in total. The van der Waals surface area contributed by atoms with Gasteiger partial charge in [-0.1, -0.05) is 26.0 Å². The molecule has 0 aromatic heterocycles. The molecule has 7 nitrogen and oxygen atoms in total. The molecule has 6 atom stereocenters. The third-order valence-corrected chi connectivity index (χ3v) is 9.18. The normalized spacial score (nSPS) is 33.5. The molecule has 7 heteroatoms. The molecule has 2 aliphatic heterocycles. The number of esters is 1. The average Bonchev–Trinajstić information content (AvgIpc) is 3.30. The lowest BCUT2D eigenvalue weighted by atomic mass is 9.57. The van der Waals surface area contributed by atoms with Gasteiger partial charge >= 0.3 is 5.97 Å². The van der Waals surface area contributed by atoms with Crippen molar-refractivity contribution in [3.63, 3.8) is 0 Å². The fourth-order valence-electron chi connectivity index (χ4n) is 6.97. The Balaban J connectivity index is 1.17. The number of hydrogen-bond donors (Lipinski definition) is 1. The first kappa shape index (κ1) is 25.6. The number of nitrogens with zero attached hydrogens (tertiary/aromatic N) is 2. The summed E-state index contributed by atoms with van der Waals surface area (Å²) < 4.78 is 16.5. The summed E-state index contributed by atoms with van der Waals surface area (Å²) in [6.07, 6.45) is 4.60. The van der Waals surface area contributed by atoms with E-state index in [1.807, 2.05) is 13.0 Å². The lowest BCUT2D eigenvalue weighted by molar-refractivity contribution is -0.159. The van der Waals surface area contributed by atoms with Crippen LogP contribution in [-0.2, 0) is 16.1 Å². The van der Waals surface area contributed by atoms with Gasteiger partial charge in [0.05, 0.1) is 5.60 Å². The first-order valence-corrected chi connectivity index (χ1v) is 13.6. The summed E-state index contributed by atoms with van der Waals surface area (Å²) in [5, 5.41) is 11.8. The van der Waals surface area contributed by atoms with Gasteiger partial charge in [-0.15, -0.1) is 0 Å². The van der Waals surface area contributed by atoms with E-state index in [1.54, 1.807) is 0 Å². The maximum absolute atomic E-state index is 11.8. The average molecular weight is 499 g/mol. The van der Waals surface area contributed by atoms with Crippen molar-refractivity contribution in [2.75, 3.05) is 39.5 Å². The fraction of sp³-hybridized carbons (Fsp3) is 0.690. The molecule has 2 fully saturated rings. The summed E-state index contributed by atoms with van der Waals surface area (Å²) in [5.41, 5.74) is 1.55. The van der Waals surface area contributed by atoms with Crippen LogP contribution in [0.25, 0.3) is 0 Å². The highest BCUT2D eigenvalue weighted by Gasteiger charge is 2.52. The predicted molar refractivity (Wildman–Crippen MR) is 138 cm³/mol. The number of piperazine rings is 1. The number of carbonyl (C=O) groups excluding carboxylic acids is 1. The van der Waals surface area contributed by atoms with Crippen molar-refractivity contribution < 1.29 is 24.1 Å². The third-order valence-electron chi connectivity index (χ3n) is 9.18. The van der Waals surface area contributed by atoms with Gasteiger partial charge in [-0.05, 0) is 60.8 Å². The molecule has 0 spiro atoms. The van der Waals surface area contributed by atoms with Gasteiger partial charge in [-0.25, -0.2) is 0 Å². The van der Waals surface area contributed by atoms with Crippen molar-refractivity contribution in [3.05, 3.63) is 35.4 Å². The van der Waals surface area contributed by atoms with Gasteiger partial charge in [0, 0.05) is 58.5 Å². The van der Waals surface area contributed by atoms with Crippen LogP contribution < -0.4 is 9.47 Å². The van der Waals surface area contributed by atoms with E-state index in [1.165, 1.54) is 12.5 Å². The second-order valence-corrected chi connectivity index (χ2v) is 11.6. The first-order valence-electron chi connectivity index (χ1n) is 13.6. The van der Waals surface area contributed by atoms with Crippen molar-refractivity contribution in [2.24, 2.45) is 23.7 Å². The molecule has 4 aliphatic rings. The smallest absolute Gasteiger partial charge is 0.303 e. The first-order chi connectivity index (χ1) is 17.2. The van der Waals surface area contributed by atoms with Crippen LogP contribution in [0.1, 0.15) is 52.5 Å². The topological polar surface area (TPSA) is 71.5 Å². The standard InChI is InChI=1S/C29H42N2O5/c1-19-13-25-24(7-5-21(3)29(25,33)15-28(19)36-22(4)32)20(2)16-30-9-11-31(12-10-30)17-23-6-8-26-27(14-23)35-18-34-26/h6,8,13-14,20-21,24-25,28,33H,5,7,9-12,15-18H2,1-4H3/t20?,21-,24+,25-,28-,29-/m1/s1. The Morgan fingerprint density at radius 2 is 1.89 bits per heavy atom. The zero-order valence-electron chi connectivity index (χ0n) is 22.2. The molecule has 2 heterocycles. The summed E-state index contributed by atoms with van der Waals surface area (Å²) >= 11 is 0. The Morgan fingerprint density at radius 3 is 2.64 bits per heavy atom. The van der Waals surface area contributed by atoms with Crippen LogP contribution in [0, 0.1) is 23.7 Å². The Bertz CT molecular complexity index is 988. The second kappa shape index (κ2) is 10.3. The highest BCUT2D eigenvalue weighted by Crippen LogP contribution is 2.51. The number of carbonyl (C=O) groups is 1. The molecule has 198 valence electrons. The van der Waals surface area contributed by atoms with Crippen molar-refractivity contribution in [1.29, 1.82) is 0 Å². The number of rotatable bonds is 6. The van der Waals surface area contributed by atoms with E-state index in [9.17, 15) is 9.90 Å². The fourth-order valence-corrected chi connectivity index (χ4v) is 6.97. The minimum Gasteiger partial charge on any atom is -0.458 e. The van der Waals surface area contributed by atoms with E-state index < -0.39 is 5.60 Å². The number of benzene rings is 1. The highest BCUT2D eigenvalue weighted by atomic mass is 16.7. The van der Waals surface area contributed by atoms with Gasteiger partial charge in [0.1, 0.15) is 6.10 Å². The highest BCUT2D eigenvalue weighted by molar-refractivity contribution is 5.66. The molecule has 36 heavy (non-hydrogen) atoms. The molecule has 1 aromatic carbocycles. The Hall–Kier alpha value is -2.09. The minimum atomic E-state index is -0.805. The zero-order chi connectivity index (χ0) is 25.4. The van der Waals surface area contributed by atoms with E-state index in [4.69, 9.17) is 14.2 Å². The number of ether oxygens (including phenoxy) is 3. The van der Waals surface area contributed by atoms with Crippen LogP contribution in [0.2, 0.25) is 0 Å². The van der Waals surface area contributed by atoms with Crippen LogP contribution in [0.15, 0.2) is 29.8 Å². The van der Waals surface area contributed by atoms with Gasteiger partial charge in [0.2, 0.25) is 6.79 Å². The summed E-state index contributed by atoms with van der Waals surface area (Å²) in [6, 6.07) is 6.25. The molecule has 0 bridgehead atoms. The summed E-state index contributed by atoms with van der Waals surface area (Å²) in [6.45, 7) is 14.6. The second-order valence-electron chi connectivity index (χ2n) is 11.6. The van der Waals surface area contributed by atoms with Gasteiger partial charge < -0.3 is 24.2 Å². The largest absolute Gasteiger partial charge is 0.458 e. The number of aliphatic hydroxyl groups is 1. The maximum atomic E-state index is 11.8. The number of fused-ring (bicyclic) bond motifs is 2. The SMILES string of the molecule is CC(=O)O[C@@H]1C[C@@]2(O)[C@H](C)CC[C@@H](C(C)CN3CCN(Cc4ccc5c(c4)OCO5)CC3)[C@H]2C=C1C. The van der Waals surface area contributed by atoms with Gasteiger partial charge in [-0.3, -0.25) is 9.69 Å². The van der Waals surface area contributed by atoms with Crippen LogP contribution in [-0.4, -0.2) is 72.1 Å². The van der Waals surface area contributed by atoms with Gasteiger partial charge in [-0.2, -0.15) is 0 Å². The molecular formula is C29H42N2O5. The van der Waals surface area contributed by atoms with Crippen molar-refractivity contribution in [1.82, 2.24) is 9.80 Å². The predicted octanol–water partition coefficient (Wildman–Crippen LogP) is 3.84. The molecule has 1 saturated carbocycles. The molecule has 1 unspecified atom stereocenters. The van der Waals surface area contributed by atoms with E-state index >= 15 is 0 Å². The van der Waals surface area contributed by atoms with Crippen LogP contribution in [0.4, 0.5) is 0 Å². The van der Waals surface area contributed by atoms with E-state index in [2.05, 4.69) is 41.9 Å². The minimum absolute atomic E-state index is 0.121. The molecule has 5 rings (SSSR count). The molecular weight excluding hydrogens is 456 g/mol. The lowest BCUT2D eigenvalue weighted by Crippen LogP contribution is -2.56. The van der Waals surface area contributed by atoms with Crippen molar-refractivity contribution >= 4 is 5.97 Å². The third kappa shape index (κ3) is 5.15. The van der Waals surface area contributed by atoms with E-state index in [0.29, 0.717) is 25.0 Å². The van der Waals surface area contributed by atoms with Crippen molar-refractivity contribution in [2.45, 2.75) is 65.2 Å². The summed E-state index contributed by atoms with van der Waals surface area (Å²) in [7, 11) is 0. The molecule has 1 aromatic rings. The van der Waals surface area contributed by atoms with E-state index in [0.717, 1.165) is 69.2 Å². The van der Waals surface area contributed by atoms with Crippen molar-refractivity contribution in [3.8, 4) is 11.5 Å². The molecule has 1 saturated heterocycles. The Labute approximate surface area is 215 Å². The number of hydrogen-bond acceptors (Lipinski definition) is 7. The Kier molecular flexibility index (Phi) is 7.34. The summed E-state index contributed by atoms with van der Waals surface area (Å²) in [4.78, 5) is 16.7. The zero-order valence-corrected chi connectivity index (χ0v) is 22.2. The van der Waals surface area contributed by atoms with Gasteiger partial charge in [0.15, 0.2) is 11.5 Å². The lowest BCUT2D eigenvalue weighted by Gasteiger charge is -2.53. The van der Waals surface area contributed by atoms with Crippen LogP contribution >= 0.6 is 0 Å². The quantitative estimate of drug-likeness (QED) is 0.472. The summed E-state index contributed by atoms with van der Waals surface area (Å²) in [5.74, 6) is 2.67. The van der Waals surface area contributed by atoms with E-state index in [-0.39, 0.29) is 23.9 Å². The molecule has 0 amide bonds. The Morgan fingerprint density at radius 1 is 1.17 bits per heavy atom.